The van der Waals surface area contributed by atoms with Gasteiger partial charge in [-0.1, -0.05) is 12.8 Å². The van der Waals surface area contributed by atoms with Gasteiger partial charge in [0, 0.05) is 32.2 Å². The smallest absolute Gasteiger partial charge is 0.231 e. The Balaban J connectivity index is 1.65. The maximum atomic E-state index is 5.61. The van der Waals surface area contributed by atoms with Crippen LogP contribution in [0.1, 0.15) is 30.9 Å². The van der Waals surface area contributed by atoms with E-state index < -0.39 is 0 Å². The number of nitrogens with one attached hydrogen (secondary N) is 1. The van der Waals surface area contributed by atoms with Crippen LogP contribution in [0.4, 0.5) is 0 Å². The molecular weight excluding hydrogens is 280 g/mol. The molecule has 1 aliphatic carbocycles. The lowest BCUT2D eigenvalue weighted by Gasteiger charge is -2.35. The molecule has 0 bridgehead atoms. The highest BCUT2D eigenvalue weighted by molar-refractivity contribution is 5.55. The molecule has 4 rings (SSSR count). The van der Waals surface area contributed by atoms with Gasteiger partial charge in [-0.2, -0.15) is 0 Å². The molecule has 5 heteroatoms. The molecule has 1 saturated carbocycles. The summed E-state index contributed by atoms with van der Waals surface area (Å²) < 4.78 is 16.6. The number of piperazine rings is 1. The molecule has 0 radical (unpaired) electrons. The molecule has 1 saturated heterocycles. The molecule has 1 atom stereocenters. The van der Waals surface area contributed by atoms with Gasteiger partial charge in [0.2, 0.25) is 12.5 Å². The summed E-state index contributed by atoms with van der Waals surface area (Å²) in [4.78, 5) is 2.60. The lowest BCUT2D eigenvalue weighted by Crippen LogP contribution is -2.45. The second-order valence-electron chi connectivity index (χ2n) is 6.44. The standard InChI is InChI=1S/C17H24N2O3/c1-20-15-9-13(10-16-17(15)22-11-21-16)14(8-12-2-3-12)19-6-4-18-5-7-19/h9-10,12,14,18H,2-8,11H2,1H3/t14-/m1/s1. The summed E-state index contributed by atoms with van der Waals surface area (Å²) in [7, 11) is 1.70. The summed E-state index contributed by atoms with van der Waals surface area (Å²) in [5.74, 6) is 3.25. The fourth-order valence-electron chi connectivity index (χ4n) is 3.50. The molecule has 3 aliphatic rings. The Labute approximate surface area is 131 Å². The van der Waals surface area contributed by atoms with Gasteiger partial charge in [-0.15, -0.1) is 0 Å². The number of benzene rings is 1. The summed E-state index contributed by atoms with van der Waals surface area (Å²) in [6.07, 6.45) is 4.00. The van der Waals surface area contributed by atoms with Gasteiger partial charge in [0.05, 0.1) is 7.11 Å². The Hall–Kier alpha value is -1.46. The van der Waals surface area contributed by atoms with Gasteiger partial charge >= 0.3 is 0 Å². The van der Waals surface area contributed by atoms with Crippen LogP contribution < -0.4 is 19.5 Å². The summed E-state index contributed by atoms with van der Waals surface area (Å²) in [6.45, 7) is 4.64. The summed E-state index contributed by atoms with van der Waals surface area (Å²) in [6, 6.07) is 4.75. The van der Waals surface area contributed by atoms with Gasteiger partial charge in [-0.05, 0) is 30.0 Å². The fraction of sp³-hybridized carbons (Fsp3) is 0.647. The van der Waals surface area contributed by atoms with Crippen molar-refractivity contribution in [1.29, 1.82) is 0 Å². The fourth-order valence-corrected chi connectivity index (χ4v) is 3.50. The van der Waals surface area contributed by atoms with Crippen LogP contribution in [0.3, 0.4) is 0 Å². The Morgan fingerprint density at radius 1 is 1.27 bits per heavy atom. The van der Waals surface area contributed by atoms with Crippen molar-refractivity contribution in [3.05, 3.63) is 17.7 Å². The first-order chi connectivity index (χ1) is 10.8. The predicted octanol–water partition coefficient (Wildman–Crippen LogP) is 2.17. The molecule has 1 aromatic rings. The van der Waals surface area contributed by atoms with Gasteiger partial charge in [0.15, 0.2) is 11.5 Å². The van der Waals surface area contributed by atoms with Crippen LogP contribution in [0.15, 0.2) is 12.1 Å². The van der Waals surface area contributed by atoms with Crippen LogP contribution in [0.2, 0.25) is 0 Å². The molecule has 1 aromatic carbocycles. The van der Waals surface area contributed by atoms with E-state index in [9.17, 15) is 0 Å². The van der Waals surface area contributed by atoms with Crippen LogP contribution in [0, 0.1) is 5.92 Å². The van der Waals surface area contributed by atoms with E-state index >= 15 is 0 Å². The first kappa shape index (κ1) is 14.2. The minimum Gasteiger partial charge on any atom is -0.493 e. The third-order valence-corrected chi connectivity index (χ3v) is 4.91. The van der Waals surface area contributed by atoms with E-state index in [2.05, 4.69) is 22.3 Å². The van der Waals surface area contributed by atoms with Gasteiger partial charge < -0.3 is 19.5 Å². The van der Waals surface area contributed by atoms with E-state index in [4.69, 9.17) is 14.2 Å². The minimum absolute atomic E-state index is 0.288. The van der Waals surface area contributed by atoms with Gasteiger partial charge in [-0.25, -0.2) is 0 Å². The third-order valence-electron chi connectivity index (χ3n) is 4.91. The van der Waals surface area contributed by atoms with E-state index in [1.807, 2.05) is 0 Å². The number of hydrogen-bond acceptors (Lipinski definition) is 5. The largest absolute Gasteiger partial charge is 0.493 e. The molecule has 0 unspecified atom stereocenters. The number of hydrogen-bond donors (Lipinski definition) is 1. The molecule has 5 nitrogen and oxygen atoms in total. The van der Waals surface area contributed by atoms with Crippen molar-refractivity contribution in [3.8, 4) is 17.2 Å². The van der Waals surface area contributed by atoms with Crippen LogP contribution in [-0.4, -0.2) is 45.0 Å². The highest BCUT2D eigenvalue weighted by Gasteiger charge is 2.32. The third kappa shape index (κ3) is 2.75. The van der Waals surface area contributed by atoms with Crippen molar-refractivity contribution in [2.75, 3.05) is 40.1 Å². The van der Waals surface area contributed by atoms with Gasteiger partial charge in [0.25, 0.3) is 0 Å². The SMILES string of the molecule is COc1cc([C@@H](CC2CC2)N2CCNCC2)cc2c1OCO2. The molecule has 2 fully saturated rings. The Bertz CT molecular complexity index is 539. The predicted molar refractivity (Wildman–Crippen MR) is 83.6 cm³/mol. The van der Waals surface area contributed by atoms with Crippen molar-refractivity contribution in [2.45, 2.75) is 25.3 Å². The van der Waals surface area contributed by atoms with E-state index in [-0.39, 0.29) is 6.79 Å². The Morgan fingerprint density at radius 2 is 2.09 bits per heavy atom. The Morgan fingerprint density at radius 3 is 2.82 bits per heavy atom. The topological polar surface area (TPSA) is 43.0 Å². The van der Waals surface area contributed by atoms with Crippen LogP contribution >= 0.6 is 0 Å². The van der Waals surface area contributed by atoms with Gasteiger partial charge in [0.1, 0.15) is 0 Å². The average molecular weight is 304 g/mol. The molecule has 0 amide bonds. The van der Waals surface area contributed by atoms with Crippen LogP contribution in [0.25, 0.3) is 0 Å². The minimum atomic E-state index is 0.288. The van der Waals surface area contributed by atoms with Crippen molar-refractivity contribution < 1.29 is 14.2 Å². The number of methoxy groups -OCH3 is 1. The maximum absolute atomic E-state index is 5.61. The second-order valence-corrected chi connectivity index (χ2v) is 6.44. The summed E-state index contributed by atoms with van der Waals surface area (Å²) in [5.41, 5.74) is 1.30. The lowest BCUT2D eigenvalue weighted by molar-refractivity contribution is 0.159. The first-order valence-corrected chi connectivity index (χ1v) is 8.27. The highest BCUT2D eigenvalue weighted by atomic mass is 16.7. The molecule has 1 N–H and O–H groups in total. The maximum Gasteiger partial charge on any atom is 0.231 e. The molecule has 0 spiro atoms. The number of nitrogens with zero attached hydrogens (tertiary/aromatic N) is 1. The highest BCUT2D eigenvalue weighted by Crippen LogP contribution is 2.46. The number of ether oxygens (including phenoxy) is 3. The molecule has 0 aromatic heterocycles. The molecular formula is C17H24N2O3. The molecule has 22 heavy (non-hydrogen) atoms. The van der Waals surface area contributed by atoms with Crippen molar-refractivity contribution in [1.82, 2.24) is 10.2 Å². The normalized spacial score (nSPS) is 22.6. The summed E-state index contributed by atoms with van der Waals surface area (Å²) >= 11 is 0. The van der Waals surface area contributed by atoms with Crippen molar-refractivity contribution >= 4 is 0 Å². The molecule has 2 aliphatic heterocycles. The number of fused-ring (bicyclic) bond motifs is 1. The molecule has 2 heterocycles. The van der Waals surface area contributed by atoms with Crippen LogP contribution in [0.5, 0.6) is 17.2 Å². The van der Waals surface area contributed by atoms with Crippen molar-refractivity contribution in [3.63, 3.8) is 0 Å². The van der Waals surface area contributed by atoms with E-state index in [1.54, 1.807) is 7.11 Å². The quantitative estimate of drug-likeness (QED) is 0.903. The zero-order valence-electron chi connectivity index (χ0n) is 13.1. The zero-order chi connectivity index (χ0) is 14.9. The zero-order valence-corrected chi connectivity index (χ0v) is 13.1. The average Bonchev–Trinajstić information content (AvgIpc) is 3.27. The monoisotopic (exact) mass is 304 g/mol. The van der Waals surface area contributed by atoms with Crippen LogP contribution in [-0.2, 0) is 0 Å². The van der Waals surface area contributed by atoms with E-state index in [1.165, 1.54) is 24.8 Å². The second kappa shape index (κ2) is 5.97. The van der Waals surface area contributed by atoms with Gasteiger partial charge in [-0.3, -0.25) is 4.90 Å². The lowest BCUT2D eigenvalue weighted by atomic mass is 9.97. The van der Waals surface area contributed by atoms with E-state index in [0.717, 1.165) is 49.3 Å². The van der Waals surface area contributed by atoms with Crippen molar-refractivity contribution in [2.24, 2.45) is 5.92 Å². The first-order valence-electron chi connectivity index (χ1n) is 8.27. The summed E-state index contributed by atoms with van der Waals surface area (Å²) in [5, 5.41) is 3.44. The Kier molecular flexibility index (Phi) is 3.84. The number of rotatable bonds is 5. The molecule has 120 valence electrons. The van der Waals surface area contributed by atoms with E-state index in [0.29, 0.717) is 6.04 Å².